The van der Waals surface area contributed by atoms with Gasteiger partial charge in [0.15, 0.2) is 0 Å². The van der Waals surface area contributed by atoms with Crippen LogP contribution in [0.5, 0.6) is 0 Å². The van der Waals surface area contributed by atoms with E-state index < -0.39 is 5.60 Å². The molecule has 0 N–H and O–H groups in total. The van der Waals surface area contributed by atoms with Crippen LogP contribution in [-0.2, 0) is 17.7 Å². The minimum Gasteiger partial charge on any atom is -0.444 e. The van der Waals surface area contributed by atoms with E-state index in [4.69, 9.17) is 4.74 Å². The molecule has 5 nitrogen and oxygen atoms in total. The number of allylic oxidation sites excluding steroid dienone is 2. The van der Waals surface area contributed by atoms with Crippen molar-refractivity contribution in [3.63, 3.8) is 0 Å². The van der Waals surface area contributed by atoms with E-state index in [0.29, 0.717) is 26.1 Å². The summed E-state index contributed by atoms with van der Waals surface area (Å²) < 4.78 is 5.48. The lowest BCUT2D eigenvalue weighted by atomic mass is 10.0. The summed E-state index contributed by atoms with van der Waals surface area (Å²) in [4.78, 5) is 17.2. The predicted octanol–water partition coefficient (Wildman–Crippen LogP) is 4.01. The van der Waals surface area contributed by atoms with Gasteiger partial charge < -0.3 is 14.5 Å². The lowest BCUT2D eigenvalue weighted by Gasteiger charge is -2.29. The molecule has 0 spiro atoms. The molecule has 3 rings (SSSR count). The molecule has 25 heavy (non-hydrogen) atoms. The van der Waals surface area contributed by atoms with Crippen molar-refractivity contribution < 1.29 is 9.53 Å². The third kappa shape index (κ3) is 3.72. The molecule has 0 unspecified atom stereocenters. The van der Waals surface area contributed by atoms with Crippen molar-refractivity contribution in [3.8, 4) is 6.07 Å². The summed E-state index contributed by atoms with van der Waals surface area (Å²) in [6, 6.07) is 2.36. The molecule has 2 aliphatic heterocycles. The molecule has 2 aliphatic rings. The van der Waals surface area contributed by atoms with Gasteiger partial charge in [-0.3, -0.25) is 0 Å². The van der Waals surface area contributed by atoms with Crippen molar-refractivity contribution >= 4 is 22.4 Å². The Kier molecular flexibility index (Phi) is 4.61. The van der Waals surface area contributed by atoms with Crippen LogP contribution in [0.3, 0.4) is 0 Å². The monoisotopic (exact) mass is 356 g/mol. The van der Waals surface area contributed by atoms with Gasteiger partial charge in [0.25, 0.3) is 0 Å². The van der Waals surface area contributed by atoms with E-state index in [9.17, 15) is 10.1 Å². The first-order valence-corrected chi connectivity index (χ1v) is 9.08. The second-order valence-electron chi connectivity index (χ2n) is 7.24. The van der Waals surface area contributed by atoms with Gasteiger partial charge in [0.1, 0.15) is 16.7 Å². The normalized spacial score (nSPS) is 17.0. The van der Waals surface area contributed by atoms with Crippen LogP contribution in [0.15, 0.2) is 23.9 Å². The molecular weight excluding hydrogens is 334 g/mol. The van der Waals surface area contributed by atoms with Crippen LogP contribution < -0.4 is 4.90 Å². The molecule has 6 heteroatoms. The summed E-state index contributed by atoms with van der Waals surface area (Å²) in [5.41, 5.74) is 2.29. The molecule has 1 aromatic rings. The molecule has 0 aliphatic carbocycles. The van der Waals surface area contributed by atoms with Crippen molar-refractivity contribution in [2.75, 3.05) is 18.0 Å². The Morgan fingerprint density at radius 3 is 2.80 bits per heavy atom. The summed E-state index contributed by atoms with van der Waals surface area (Å²) >= 11 is 1.58. The number of amides is 1. The fraction of sp³-hybridized carbons (Fsp3) is 0.421. The highest BCUT2D eigenvalue weighted by atomic mass is 32.1. The van der Waals surface area contributed by atoms with Gasteiger partial charge in [-0.15, -0.1) is 11.3 Å². The molecule has 0 bridgehead atoms. The van der Waals surface area contributed by atoms with Crippen molar-refractivity contribution in [3.05, 3.63) is 46.9 Å². The molecule has 131 valence electrons. The van der Waals surface area contributed by atoms with E-state index in [-0.39, 0.29) is 6.09 Å². The van der Waals surface area contributed by atoms with Gasteiger partial charge in [-0.05, 0) is 45.8 Å². The first-order valence-electron chi connectivity index (χ1n) is 8.27. The Morgan fingerprint density at radius 1 is 1.40 bits per heavy atom. The number of hydrogen-bond acceptors (Lipinski definition) is 5. The third-order valence-corrected chi connectivity index (χ3v) is 5.29. The Labute approximate surface area is 152 Å². The molecule has 1 radical (unpaired) electrons. The number of carbonyl (C=O) groups excluding carboxylic acids is 1. The number of hydrogen-bond donors (Lipinski definition) is 0. The van der Waals surface area contributed by atoms with Crippen LogP contribution >= 0.6 is 11.3 Å². The summed E-state index contributed by atoms with van der Waals surface area (Å²) in [5, 5.41) is 10.6. The molecule has 0 atom stereocenters. The fourth-order valence-corrected chi connectivity index (χ4v) is 4.23. The van der Waals surface area contributed by atoms with Crippen LogP contribution in [0.1, 0.15) is 36.8 Å². The van der Waals surface area contributed by atoms with Gasteiger partial charge in [-0.2, -0.15) is 5.26 Å². The highest BCUT2D eigenvalue weighted by molar-refractivity contribution is 7.16. The Hall–Kier alpha value is -2.26. The zero-order valence-electron chi connectivity index (χ0n) is 14.8. The molecule has 3 heterocycles. The number of nitrogens with zero attached hydrogens (tertiary/aromatic N) is 3. The molecule has 0 aromatic carbocycles. The highest BCUT2D eigenvalue weighted by Gasteiger charge is 2.30. The van der Waals surface area contributed by atoms with Crippen molar-refractivity contribution in [1.82, 2.24) is 4.90 Å². The van der Waals surface area contributed by atoms with Gasteiger partial charge in [0.05, 0.1) is 12.1 Å². The summed E-state index contributed by atoms with van der Waals surface area (Å²) in [7, 11) is 0. The number of carbonyl (C=O) groups is 1. The Morgan fingerprint density at radius 2 is 2.16 bits per heavy atom. The number of rotatable bonds is 1. The quantitative estimate of drug-likeness (QED) is 0.763. The van der Waals surface area contributed by atoms with Crippen LogP contribution in [0.4, 0.5) is 9.80 Å². The zero-order chi connectivity index (χ0) is 18.2. The Bertz CT molecular complexity index is 793. The molecule has 1 amide bonds. The number of nitriles is 1. The highest BCUT2D eigenvalue weighted by Crippen LogP contribution is 2.40. The number of ether oxygens (including phenoxy) is 1. The minimum absolute atomic E-state index is 0.299. The summed E-state index contributed by atoms with van der Waals surface area (Å²) in [5.74, 6) is 0. The first-order chi connectivity index (χ1) is 11.8. The van der Waals surface area contributed by atoms with Crippen molar-refractivity contribution in [2.24, 2.45) is 0 Å². The molecule has 1 aromatic heterocycles. The van der Waals surface area contributed by atoms with E-state index >= 15 is 0 Å². The topological polar surface area (TPSA) is 56.6 Å². The molecule has 0 saturated heterocycles. The fourth-order valence-electron chi connectivity index (χ4n) is 2.94. The zero-order valence-corrected chi connectivity index (χ0v) is 15.7. The summed E-state index contributed by atoms with van der Waals surface area (Å²) in [6.45, 7) is 11.3. The lowest BCUT2D eigenvalue weighted by Crippen LogP contribution is -2.39. The van der Waals surface area contributed by atoms with Gasteiger partial charge in [0, 0.05) is 24.2 Å². The maximum absolute atomic E-state index is 12.3. The van der Waals surface area contributed by atoms with Crippen molar-refractivity contribution in [1.29, 1.82) is 5.26 Å². The predicted molar refractivity (Wildman–Crippen MR) is 99.3 cm³/mol. The van der Waals surface area contributed by atoms with Crippen LogP contribution in [0.2, 0.25) is 0 Å². The smallest absolute Gasteiger partial charge is 0.410 e. The second-order valence-corrected chi connectivity index (χ2v) is 8.33. The van der Waals surface area contributed by atoms with Crippen LogP contribution in [-0.4, -0.2) is 29.7 Å². The number of fused-ring (bicyclic) bond motifs is 1. The Balaban J connectivity index is 1.84. The maximum atomic E-state index is 12.3. The average molecular weight is 356 g/mol. The van der Waals surface area contributed by atoms with E-state index in [2.05, 4.69) is 17.9 Å². The van der Waals surface area contributed by atoms with Crippen molar-refractivity contribution in [2.45, 2.75) is 39.3 Å². The van der Waals surface area contributed by atoms with E-state index in [0.717, 1.165) is 26.6 Å². The second kappa shape index (κ2) is 6.57. The third-order valence-electron chi connectivity index (χ3n) is 4.03. The average Bonchev–Trinajstić information content (AvgIpc) is 2.90. The van der Waals surface area contributed by atoms with Gasteiger partial charge in [-0.25, -0.2) is 4.79 Å². The summed E-state index contributed by atoms with van der Waals surface area (Å²) in [6.07, 6.45) is 6.27. The minimum atomic E-state index is -0.509. The molecule has 0 saturated carbocycles. The van der Waals surface area contributed by atoms with E-state index in [1.54, 1.807) is 16.2 Å². The SMILES string of the molecule is [CH2]C1=CC=CN(c2sc3c(c2C#N)CCN(C(=O)OC(C)(C)C)C3)C1. The number of thiophene rings is 1. The van der Waals surface area contributed by atoms with E-state index in [1.165, 1.54) is 0 Å². The lowest BCUT2D eigenvalue weighted by molar-refractivity contribution is 0.0226. The maximum Gasteiger partial charge on any atom is 0.410 e. The molecule has 0 fully saturated rings. The van der Waals surface area contributed by atoms with Crippen LogP contribution in [0, 0.1) is 18.3 Å². The van der Waals surface area contributed by atoms with E-state index in [1.807, 2.05) is 39.1 Å². The van der Waals surface area contributed by atoms with Crippen LogP contribution in [0.25, 0.3) is 0 Å². The largest absolute Gasteiger partial charge is 0.444 e. The van der Waals surface area contributed by atoms with Gasteiger partial charge in [0.2, 0.25) is 0 Å². The first kappa shape index (κ1) is 17.6. The standard InChI is InChI=1S/C19H22N3O2S/c1-13-6-5-8-21(11-13)17-15(10-20)14-7-9-22(12-16(14)25-17)18(23)24-19(2,3)4/h5-6,8H,1,7,9,11-12H2,2-4H3. The van der Waals surface area contributed by atoms with Gasteiger partial charge >= 0.3 is 6.09 Å². The molecular formula is C19H22N3O2S. The van der Waals surface area contributed by atoms with Gasteiger partial charge in [-0.1, -0.05) is 11.6 Å². The number of anilines is 1.